The summed E-state index contributed by atoms with van der Waals surface area (Å²) in [5.74, 6) is -1.34. The minimum Gasteiger partial charge on any atom is -0.478 e. The largest absolute Gasteiger partial charge is 0.478 e. The Kier molecular flexibility index (Phi) is 4.61. The Morgan fingerprint density at radius 2 is 2.24 bits per heavy atom. The monoisotopic (exact) mass is 262 g/mol. The van der Waals surface area contributed by atoms with Gasteiger partial charge in [-0.3, -0.25) is 5.10 Å². The van der Waals surface area contributed by atoms with Gasteiger partial charge in [0, 0.05) is 6.54 Å². The summed E-state index contributed by atoms with van der Waals surface area (Å²) < 4.78 is 25.7. The van der Waals surface area contributed by atoms with Crippen LogP contribution in [-0.2, 0) is 10.0 Å². The Bertz CT molecular complexity index is 481. The van der Waals surface area contributed by atoms with E-state index in [0.29, 0.717) is 13.0 Å². The number of aromatic amines is 1. The smallest absolute Gasteiger partial charge is 0.340 e. The van der Waals surface area contributed by atoms with E-state index in [9.17, 15) is 13.2 Å². The number of nitrogens with one attached hydrogen (secondary N) is 3. The Labute approximate surface area is 98.5 Å². The molecule has 1 aromatic rings. The summed E-state index contributed by atoms with van der Waals surface area (Å²) in [6.07, 6.45) is 1.57. The number of hydrogen-bond donors (Lipinski definition) is 4. The third kappa shape index (κ3) is 3.51. The number of sulfonamides is 1. The summed E-state index contributed by atoms with van der Waals surface area (Å²) in [5, 5.41) is 16.8. The lowest BCUT2D eigenvalue weighted by Crippen LogP contribution is -2.28. The second-order valence-corrected chi connectivity index (χ2v) is 4.98. The molecule has 4 N–H and O–H groups in total. The van der Waals surface area contributed by atoms with Gasteiger partial charge < -0.3 is 10.4 Å². The number of aromatic nitrogens is 2. The van der Waals surface area contributed by atoms with Gasteiger partial charge in [-0.15, -0.1) is 0 Å². The summed E-state index contributed by atoms with van der Waals surface area (Å²) in [5.41, 5.74) is -0.369. The molecular weight excluding hydrogens is 248 g/mol. The van der Waals surface area contributed by atoms with Crippen molar-refractivity contribution in [2.75, 3.05) is 20.1 Å². The molecule has 0 aromatic carbocycles. The van der Waals surface area contributed by atoms with E-state index in [1.807, 2.05) is 0 Å². The van der Waals surface area contributed by atoms with Crippen molar-refractivity contribution < 1.29 is 18.3 Å². The van der Waals surface area contributed by atoms with Crippen molar-refractivity contribution in [3.63, 3.8) is 0 Å². The molecule has 0 aliphatic heterocycles. The van der Waals surface area contributed by atoms with E-state index in [2.05, 4.69) is 20.2 Å². The maximum atomic E-state index is 11.7. The molecule has 1 rings (SSSR count). The molecule has 0 aliphatic carbocycles. The number of hydrogen-bond acceptors (Lipinski definition) is 5. The fourth-order valence-electron chi connectivity index (χ4n) is 1.18. The van der Waals surface area contributed by atoms with E-state index < -0.39 is 21.0 Å². The molecule has 0 fully saturated rings. The molecule has 96 valence electrons. The summed E-state index contributed by atoms with van der Waals surface area (Å²) in [7, 11) is -2.09. The highest BCUT2D eigenvalue weighted by molar-refractivity contribution is 7.89. The first-order valence-corrected chi connectivity index (χ1v) is 6.38. The van der Waals surface area contributed by atoms with Crippen LogP contribution in [0.4, 0.5) is 0 Å². The zero-order valence-electron chi connectivity index (χ0n) is 9.23. The van der Waals surface area contributed by atoms with Gasteiger partial charge in [0.25, 0.3) is 10.0 Å². The first kappa shape index (κ1) is 13.6. The first-order valence-electron chi connectivity index (χ1n) is 4.90. The predicted molar refractivity (Wildman–Crippen MR) is 59.3 cm³/mol. The minimum atomic E-state index is -3.85. The van der Waals surface area contributed by atoms with Gasteiger partial charge in [0.1, 0.15) is 5.56 Å². The topological polar surface area (TPSA) is 124 Å². The van der Waals surface area contributed by atoms with Gasteiger partial charge in [-0.25, -0.2) is 17.9 Å². The van der Waals surface area contributed by atoms with Crippen LogP contribution in [-0.4, -0.2) is 49.8 Å². The Balaban J connectivity index is 2.76. The standard InChI is InChI=1S/C8H14N4O4S/c1-9-3-2-4-11-17(15,16)7-6(8(13)14)5-10-12-7/h5,9,11H,2-4H2,1H3,(H,10,12)(H,13,14). The van der Waals surface area contributed by atoms with E-state index >= 15 is 0 Å². The molecule has 0 radical (unpaired) electrons. The molecule has 0 saturated carbocycles. The first-order chi connectivity index (χ1) is 7.99. The van der Waals surface area contributed by atoms with Crippen molar-refractivity contribution in [2.45, 2.75) is 11.4 Å². The second kappa shape index (κ2) is 5.75. The van der Waals surface area contributed by atoms with Gasteiger partial charge in [-0.1, -0.05) is 0 Å². The van der Waals surface area contributed by atoms with Crippen LogP contribution in [0, 0.1) is 0 Å². The van der Waals surface area contributed by atoms with Crippen LogP contribution in [0.5, 0.6) is 0 Å². The Hall–Kier alpha value is -1.45. The molecule has 0 aliphatic rings. The van der Waals surface area contributed by atoms with Crippen molar-refractivity contribution >= 4 is 16.0 Å². The van der Waals surface area contributed by atoms with Crippen molar-refractivity contribution in [3.05, 3.63) is 11.8 Å². The van der Waals surface area contributed by atoms with Crippen LogP contribution in [0.2, 0.25) is 0 Å². The van der Waals surface area contributed by atoms with Gasteiger partial charge in [-0.2, -0.15) is 5.10 Å². The highest BCUT2D eigenvalue weighted by Crippen LogP contribution is 2.11. The molecule has 0 spiro atoms. The number of aromatic carboxylic acids is 1. The van der Waals surface area contributed by atoms with Crippen LogP contribution in [0.3, 0.4) is 0 Å². The molecular formula is C8H14N4O4S. The van der Waals surface area contributed by atoms with Crippen molar-refractivity contribution in [1.82, 2.24) is 20.2 Å². The molecule has 1 aromatic heterocycles. The fraction of sp³-hybridized carbons (Fsp3) is 0.500. The number of carbonyl (C=O) groups is 1. The summed E-state index contributed by atoms with van der Waals surface area (Å²) in [4.78, 5) is 10.7. The van der Waals surface area contributed by atoms with Crippen molar-refractivity contribution in [2.24, 2.45) is 0 Å². The molecule has 1 heterocycles. The molecule has 0 amide bonds. The molecule has 0 bridgehead atoms. The van der Waals surface area contributed by atoms with E-state index in [4.69, 9.17) is 5.11 Å². The van der Waals surface area contributed by atoms with E-state index in [-0.39, 0.29) is 12.1 Å². The second-order valence-electron chi connectivity index (χ2n) is 3.27. The minimum absolute atomic E-state index is 0.223. The lowest BCUT2D eigenvalue weighted by atomic mass is 10.4. The molecule has 0 saturated heterocycles. The molecule has 0 atom stereocenters. The quantitative estimate of drug-likeness (QED) is 0.467. The maximum Gasteiger partial charge on any atom is 0.340 e. The molecule has 17 heavy (non-hydrogen) atoms. The number of carboxylic acid groups (broad SMARTS) is 1. The summed E-state index contributed by atoms with van der Waals surface area (Å²) in [6.45, 7) is 0.887. The summed E-state index contributed by atoms with van der Waals surface area (Å²) in [6, 6.07) is 0. The number of rotatable bonds is 7. The van der Waals surface area contributed by atoms with Crippen LogP contribution in [0.25, 0.3) is 0 Å². The highest BCUT2D eigenvalue weighted by Gasteiger charge is 2.24. The number of H-pyrrole nitrogens is 1. The van der Waals surface area contributed by atoms with Gasteiger partial charge in [0.15, 0.2) is 5.03 Å². The normalized spacial score (nSPS) is 11.6. The van der Waals surface area contributed by atoms with Crippen LogP contribution in [0.1, 0.15) is 16.8 Å². The zero-order valence-corrected chi connectivity index (χ0v) is 10.0. The van der Waals surface area contributed by atoms with E-state index in [0.717, 1.165) is 6.20 Å². The maximum absolute atomic E-state index is 11.7. The average molecular weight is 262 g/mol. The average Bonchev–Trinajstić information content (AvgIpc) is 2.74. The van der Waals surface area contributed by atoms with E-state index in [1.165, 1.54) is 0 Å². The highest BCUT2D eigenvalue weighted by atomic mass is 32.2. The Morgan fingerprint density at radius 3 is 2.82 bits per heavy atom. The van der Waals surface area contributed by atoms with E-state index in [1.54, 1.807) is 7.05 Å². The molecule has 0 unspecified atom stereocenters. The van der Waals surface area contributed by atoms with Gasteiger partial charge in [0.2, 0.25) is 0 Å². The molecule has 8 nitrogen and oxygen atoms in total. The van der Waals surface area contributed by atoms with Crippen molar-refractivity contribution in [1.29, 1.82) is 0 Å². The predicted octanol–water partition coefficient (Wildman–Crippen LogP) is -1.00. The molecule has 9 heteroatoms. The Morgan fingerprint density at radius 1 is 1.53 bits per heavy atom. The third-order valence-electron chi connectivity index (χ3n) is 2.00. The SMILES string of the molecule is CNCCCNS(=O)(=O)c1[nH]ncc1C(=O)O. The number of carboxylic acids is 1. The zero-order chi connectivity index (χ0) is 12.9. The van der Waals surface area contributed by atoms with Gasteiger partial charge in [0.05, 0.1) is 6.20 Å². The lowest BCUT2D eigenvalue weighted by molar-refractivity contribution is 0.0692. The third-order valence-corrected chi connectivity index (χ3v) is 3.43. The van der Waals surface area contributed by atoms with Crippen LogP contribution >= 0.6 is 0 Å². The number of nitrogens with zero attached hydrogens (tertiary/aromatic N) is 1. The van der Waals surface area contributed by atoms with Gasteiger partial charge in [-0.05, 0) is 20.0 Å². The van der Waals surface area contributed by atoms with Crippen LogP contribution in [0.15, 0.2) is 11.2 Å². The lowest BCUT2D eigenvalue weighted by Gasteiger charge is -2.05. The van der Waals surface area contributed by atoms with Gasteiger partial charge >= 0.3 is 5.97 Å². The van der Waals surface area contributed by atoms with Crippen LogP contribution < -0.4 is 10.0 Å². The fourth-order valence-corrected chi connectivity index (χ4v) is 2.34. The summed E-state index contributed by atoms with van der Waals surface area (Å²) >= 11 is 0. The van der Waals surface area contributed by atoms with Crippen molar-refractivity contribution in [3.8, 4) is 0 Å².